The van der Waals surface area contributed by atoms with Gasteiger partial charge in [0.2, 0.25) is 5.91 Å². The van der Waals surface area contributed by atoms with Crippen molar-refractivity contribution in [3.8, 4) is 0 Å². The van der Waals surface area contributed by atoms with Crippen molar-refractivity contribution >= 4 is 23.6 Å². The van der Waals surface area contributed by atoms with Crippen molar-refractivity contribution in [2.75, 3.05) is 5.75 Å². The summed E-state index contributed by atoms with van der Waals surface area (Å²) in [5.41, 5.74) is -0.301. The molecule has 1 aliphatic heterocycles. The molecule has 8 heteroatoms. The average Bonchev–Trinajstić information content (AvgIpc) is 2.78. The first-order chi connectivity index (χ1) is 9.71. The molecule has 1 N–H and O–H groups in total. The first-order valence-corrected chi connectivity index (χ1v) is 7.09. The fourth-order valence-corrected chi connectivity index (χ4v) is 3.33. The van der Waals surface area contributed by atoms with Crippen LogP contribution in [0.5, 0.6) is 0 Å². The Bertz CT molecular complexity index is 559. The first kappa shape index (κ1) is 15.7. The number of carboxylic acid groups (broad SMARTS) is 1. The second-order valence-electron chi connectivity index (χ2n) is 4.60. The number of alkyl halides is 3. The molecule has 0 radical (unpaired) electrons. The number of carboxylic acids is 1. The standard InChI is InChI=1S/C13H12F3NO3S/c1-7(12(19)20)17-10(18)6-21-11(17)8-2-4-9(5-3-8)13(14,15)16/h2-5,7,11H,6H2,1H3,(H,19,20)/t7-,11+/m1/s1. The number of halogens is 3. The summed E-state index contributed by atoms with van der Waals surface area (Å²) in [5, 5.41) is 8.45. The molecule has 1 aliphatic rings. The van der Waals surface area contributed by atoms with Crippen LogP contribution in [-0.4, -0.2) is 33.7 Å². The topological polar surface area (TPSA) is 57.6 Å². The lowest BCUT2D eigenvalue weighted by Gasteiger charge is -2.27. The molecule has 1 fully saturated rings. The molecule has 21 heavy (non-hydrogen) atoms. The molecule has 2 atom stereocenters. The molecule has 1 amide bonds. The van der Waals surface area contributed by atoms with E-state index in [-0.39, 0.29) is 11.7 Å². The number of amides is 1. The summed E-state index contributed by atoms with van der Waals surface area (Å²) < 4.78 is 37.6. The summed E-state index contributed by atoms with van der Waals surface area (Å²) in [5.74, 6) is -1.37. The van der Waals surface area contributed by atoms with Crippen LogP contribution in [0.3, 0.4) is 0 Å². The Kier molecular flexibility index (Phi) is 4.18. The molecule has 1 saturated heterocycles. The lowest BCUT2D eigenvalue weighted by atomic mass is 10.1. The second kappa shape index (κ2) is 5.59. The molecule has 1 aromatic rings. The lowest BCUT2D eigenvalue weighted by molar-refractivity contribution is -0.148. The van der Waals surface area contributed by atoms with E-state index in [1.165, 1.54) is 35.7 Å². The van der Waals surface area contributed by atoms with Crippen molar-refractivity contribution in [1.82, 2.24) is 4.90 Å². The Morgan fingerprint density at radius 3 is 2.43 bits per heavy atom. The molecule has 1 heterocycles. The van der Waals surface area contributed by atoms with Gasteiger partial charge in [0.15, 0.2) is 0 Å². The van der Waals surface area contributed by atoms with Crippen LogP contribution < -0.4 is 0 Å². The van der Waals surface area contributed by atoms with Gasteiger partial charge in [-0.15, -0.1) is 11.8 Å². The summed E-state index contributed by atoms with van der Waals surface area (Å²) >= 11 is 1.20. The predicted octanol–water partition coefficient (Wildman–Crippen LogP) is 2.75. The van der Waals surface area contributed by atoms with Gasteiger partial charge in [-0.2, -0.15) is 13.2 Å². The Morgan fingerprint density at radius 2 is 1.95 bits per heavy atom. The van der Waals surface area contributed by atoms with Gasteiger partial charge in [0.25, 0.3) is 0 Å². The molecule has 1 aromatic carbocycles. The van der Waals surface area contributed by atoms with Crippen molar-refractivity contribution in [3.63, 3.8) is 0 Å². The van der Waals surface area contributed by atoms with Crippen LogP contribution in [0, 0.1) is 0 Å². The van der Waals surface area contributed by atoms with Crippen molar-refractivity contribution < 1.29 is 27.9 Å². The minimum Gasteiger partial charge on any atom is -0.480 e. The normalized spacial score (nSPS) is 20.7. The van der Waals surface area contributed by atoms with Gasteiger partial charge in [0, 0.05) is 0 Å². The van der Waals surface area contributed by atoms with Crippen molar-refractivity contribution in [1.29, 1.82) is 0 Å². The van der Waals surface area contributed by atoms with Crippen molar-refractivity contribution in [2.24, 2.45) is 0 Å². The third-order valence-corrected chi connectivity index (χ3v) is 4.43. The van der Waals surface area contributed by atoms with Crippen LogP contribution in [0.4, 0.5) is 13.2 Å². The maximum atomic E-state index is 12.5. The van der Waals surface area contributed by atoms with E-state index in [1.807, 2.05) is 0 Å². The summed E-state index contributed by atoms with van der Waals surface area (Å²) in [7, 11) is 0. The fraction of sp³-hybridized carbons (Fsp3) is 0.385. The van der Waals surface area contributed by atoms with E-state index in [9.17, 15) is 22.8 Å². The Hall–Kier alpha value is -1.70. The predicted molar refractivity (Wildman–Crippen MR) is 70.6 cm³/mol. The zero-order chi connectivity index (χ0) is 15.8. The minimum atomic E-state index is -4.43. The van der Waals surface area contributed by atoms with E-state index >= 15 is 0 Å². The van der Waals surface area contributed by atoms with Crippen molar-refractivity contribution in [3.05, 3.63) is 35.4 Å². The van der Waals surface area contributed by atoms with Crippen molar-refractivity contribution in [2.45, 2.75) is 24.5 Å². The number of benzene rings is 1. The second-order valence-corrected chi connectivity index (χ2v) is 5.67. The number of rotatable bonds is 3. The Labute approximate surface area is 122 Å². The highest BCUT2D eigenvalue weighted by atomic mass is 32.2. The minimum absolute atomic E-state index is 0.114. The molecule has 0 aromatic heterocycles. The number of aliphatic carboxylic acids is 1. The molecule has 0 spiro atoms. The fourth-order valence-electron chi connectivity index (χ4n) is 2.07. The van der Waals surface area contributed by atoms with Gasteiger partial charge in [0.1, 0.15) is 11.4 Å². The zero-order valence-corrected chi connectivity index (χ0v) is 11.7. The van der Waals surface area contributed by atoms with Crippen LogP contribution in [0.2, 0.25) is 0 Å². The van der Waals surface area contributed by atoms with E-state index in [2.05, 4.69) is 0 Å². The van der Waals surface area contributed by atoms with Crippen LogP contribution in [0.25, 0.3) is 0 Å². The smallest absolute Gasteiger partial charge is 0.416 e. The third-order valence-electron chi connectivity index (χ3n) is 3.20. The van der Waals surface area contributed by atoms with Gasteiger partial charge in [-0.3, -0.25) is 4.79 Å². The van der Waals surface area contributed by atoms with E-state index in [0.29, 0.717) is 5.56 Å². The summed E-state index contributed by atoms with van der Waals surface area (Å²) in [6, 6.07) is 3.39. The summed E-state index contributed by atoms with van der Waals surface area (Å²) in [6.07, 6.45) is -4.43. The molecule has 2 rings (SSSR count). The largest absolute Gasteiger partial charge is 0.480 e. The number of hydrogen-bond acceptors (Lipinski definition) is 3. The van der Waals surface area contributed by atoms with Gasteiger partial charge < -0.3 is 10.0 Å². The average molecular weight is 319 g/mol. The van der Waals surface area contributed by atoms with Crippen LogP contribution >= 0.6 is 11.8 Å². The molecule has 4 nitrogen and oxygen atoms in total. The zero-order valence-electron chi connectivity index (χ0n) is 10.9. The lowest BCUT2D eigenvalue weighted by Crippen LogP contribution is -2.41. The highest BCUT2D eigenvalue weighted by molar-refractivity contribution is 8.00. The quantitative estimate of drug-likeness (QED) is 0.931. The highest BCUT2D eigenvalue weighted by Crippen LogP contribution is 2.40. The molecular formula is C13H12F3NO3S. The van der Waals surface area contributed by atoms with Gasteiger partial charge in [0.05, 0.1) is 11.3 Å². The third kappa shape index (κ3) is 3.15. The molecule has 0 saturated carbocycles. The maximum Gasteiger partial charge on any atom is 0.416 e. The SMILES string of the molecule is C[C@H](C(=O)O)N1C(=O)CS[C@H]1c1ccc(C(F)(F)F)cc1. The van der Waals surface area contributed by atoms with Crippen LogP contribution in [0.1, 0.15) is 23.4 Å². The highest BCUT2D eigenvalue weighted by Gasteiger charge is 2.39. The molecule has 0 bridgehead atoms. The number of carbonyl (C=O) groups excluding carboxylic acids is 1. The van der Waals surface area contributed by atoms with Crippen LogP contribution in [0.15, 0.2) is 24.3 Å². The molecule has 0 aliphatic carbocycles. The Balaban J connectivity index is 2.28. The van der Waals surface area contributed by atoms with Crippen LogP contribution in [-0.2, 0) is 15.8 Å². The van der Waals surface area contributed by atoms with Gasteiger partial charge in [-0.1, -0.05) is 12.1 Å². The summed E-state index contributed by atoms with van der Waals surface area (Å²) in [4.78, 5) is 24.0. The number of carbonyl (C=O) groups is 2. The van der Waals surface area contributed by atoms with E-state index in [4.69, 9.17) is 5.11 Å². The summed E-state index contributed by atoms with van der Waals surface area (Å²) in [6.45, 7) is 1.38. The first-order valence-electron chi connectivity index (χ1n) is 6.04. The molecule has 114 valence electrons. The number of hydrogen-bond donors (Lipinski definition) is 1. The molecule has 0 unspecified atom stereocenters. The van der Waals surface area contributed by atoms with E-state index in [0.717, 1.165) is 12.1 Å². The molecular weight excluding hydrogens is 307 g/mol. The van der Waals surface area contributed by atoms with Gasteiger partial charge in [-0.05, 0) is 24.6 Å². The van der Waals surface area contributed by atoms with E-state index < -0.39 is 29.1 Å². The number of thioether (sulfide) groups is 1. The Morgan fingerprint density at radius 1 is 1.38 bits per heavy atom. The van der Waals surface area contributed by atoms with Gasteiger partial charge >= 0.3 is 12.1 Å². The van der Waals surface area contributed by atoms with Gasteiger partial charge in [-0.25, -0.2) is 4.79 Å². The monoisotopic (exact) mass is 319 g/mol. The van der Waals surface area contributed by atoms with E-state index in [1.54, 1.807) is 0 Å². The number of nitrogens with zero attached hydrogens (tertiary/aromatic N) is 1. The maximum absolute atomic E-state index is 12.5.